The van der Waals surface area contributed by atoms with Crippen LogP contribution < -0.4 is 10.1 Å². The van der Waals surface area contributed by atoms with Gasteiger partial charge in [0.1, 0.15) is 0 Å². The van der Waals surface area contributed by atoms with Gasteiger partial charge in [0.2, 0.25) is 0 Å². The van der Waals surface area contributed by atoms with Crippen LogP contribution in [0.2, 0.25) is 0 Å². The minimum Gasteiger partial charge on any atom is -0.503 e. The van der Waals surface area contributed by atoms with Crippen molar-refractivity contribution in [1.82, 2.24) is 15.2 Å². The summed E-state index contributed by atoms with van der Waals surface area (Å²) in [5.74, 6) is -0.489. The minimum absolute atomic E-state index is 0.234. The summed E-state index contributed by atoms with van der Waals surface area (Å²) in [4.78, 5) is 15.6. The zero-order valence-electron chi connectivity index (χ0n) is 10.7. The molecule has 2 N–H and O–H groups in total. The molecule has 0 saturated carbocycles. The molecule has 0 fully saturated rings. The summed E-state index contributed by atoms with van der Waals surface area (Å²) in [5.41, 5.74) is 0.978. The molecule has 0 aliphatic rings. The summed E-state index contributed by atoms with van der Waals surface area (Å²) in [6.07, 6.45) is 2.26. The first-order valence-corrected chi connectivity index (χ1v) is 6.07. The Kier molecular flexibility index (Phi) is 3.30. The molecule has 7 heteroatoms. The molecule has 0 unspecified atom stereocenters. The van der Waals surface area contributed by atoms with Gasteiger partial charge < -0.3 is 9.84 Å². The van der Waals surface area contributed by atoms with Crippen LogP contribution in [0.4, 0.5) is 10.5 Å². The Morgan fingerprint density at radius 3 is 2.81 bits per heavy atom. The number of aromatic nitrogens is 3. The number of nitrogens with one attached hydrogen (secondary N) is 1. The van der Waals surface area contributed by atoms with E-state index in [1.807, 2.05) is 0 Å². The van der Waals surface area contributed by atoms with E-state index in [9.17, 15) is 9.90 Å². The molecule has 0 aliphatic carbocycles. The Morgan fingerprint density at radius 2 is 2.00 bits per heavy atom. The van der Waals surface area contributed by atoms with Gasteiger partial charge in [-0.15, -0.1) is 10.2 Å². The lowest BCUT2D eigenvalue weighted by atomic mass is 10.2. The molecule has 104 valence electrons. The van der Waals surface area contributed by atoms with Gasteiger partial charge in [0.15, 0.2) is 5.75 Å². The van der Waals surface area contributed by atoms with Crippen molar-refractivity contribution >= 4 is 22.7 Å². The van der Waals surface area contributed by atoms with Crippen LogP contribution in [0.5, 0.6) is 11.6 Å². The first-order valence-electron chi connectivity index (χ1n) is 6.07. The molecule has 0 saturated heterocycles. The van der Waals surface area contributed by atoms with Crippen LogP contribution in [0.1, 0.15) is 0 Å². The van der Waals surface area contributed by atoms with E-state index in [2.05, 4.69) is 20.5 Å². The molecule has 1 amide bonds. The molecule has 3 rings (SSSR count). The molecule has 0 spiro atoms. The van der Waals surface area contributed by atoms with E-state index >= 15 is 0 Å². The Balaban J connectivity index is 1.82. The first kappa shape index (κ1) is 12.8. The number of fused-ring (bicyclic) bond motifs is 1. The molecule has 2 aromatic heterocycles. The summed E-state index contributed by atoms with van der Waals surface area (Å²) in [5, 5.41) is 20.5. The van der Waals surface area contributed by atoms with Crippen molar-refractivity contribution in [1.29, 1.82) is 0 Å². The fraction of sp³-hybridized carbons (Fsp3) is 0. The van der Waals surface area contributed by atoms with Crippen LogP contribution in [-0.4, -0.2) is 26.4 Å². The maximum absolute atomic E-state index is 11.7. The van der Waals surface area contributed by atoms with Gasteiger partial charge in [0.25, 0.3) is 5.88 Å². The molecule has 0 bridgehead atoms. The van der Waals surface area contributed by atoms with Crippen molar-refractivity contribution in [2.75, 3.05) is 5.32 Å². The van der Waals surface area contributed by atoms with E-state index in [-0.39, 0.29) is 11.6 Å². The average Bonchev–Trinajstić information content (AvgIpc) is 2.51. The largest absolute Gasteiger partial charge is 0.503 e. The fourth-order valence-electron chi connectivity index (χ4n) is 1.76. The Morgan fingerprint density at radius 1 is 1.14 bits per heavy atom. The molecule has 0 atom stereocenters. The number of rotatable bonds is 2. The normalized spacial score (nSPS) is 10.3. The average molecular weight is 282 g/mol. The molecule has 1 aromatic carbocycles. The Labute approximate surface area is 119 Å². The van der Waals surface area contributed by atoms with Crippen LogP contribution in [0.25, 0.3) is 10.9 Å². The minimum atomic E-state index is -0.789. The number of carbonyl (C=O) groups is 1. The van der Waals surface area contributed by atoms with Crippen molar-refractivity contribution in [3.05, 3.63) is 48.8 Å². The molecule has 3 aromatic rings. The maximum atomic E-state index is 11.7. The van der Waals surface area contributed by atoms with Gasteiger partial charge >= 0.3 is 6.09 Å². The lowest BCUT2D eigenvalue weighted by Gasteiger charge is -2.07. The topological polar surface area (TPSA) is 97.2 Å². The Hall–Kier alpha value is -3.22. The second kappa shape index (κ2) is 5.41. The zero-order valence-corrected chi connectivity index (χ0v) is 10.7. The number of nitrogens with zero attached hydrogens (tertiary/aromatic N) is 3. The highest BCUT2D eigenvalue weighted by molar-refractivity contribution is 5.89. The van der Waals surface area contributed by atoms with Gasteiger partial charge in [0, 0.05) is 11.6 Å². The summed E-state index contributed by atoms with van der Waals surface area (Å²) in [7, 11) is 0. The van der Waals surface area contributed by atoms with E-state index < -0.39 is 6.09 Å². The highest BCUT2D eigenvalue weighted by Crippen LogP contribution is 2.30. The van der Waals surface area contributed by atoms with Crippen LogP contribution in [0, 0.1) is 0 Å². The SMILES string of the molecule is O=C(Nc1cccnc1)Oc1nnc2ccccc2c1O. The fourth-order valence-corrected chi connectivity index (χ4v) is 1.76. The molecular weight excluding hydrogens is 272 g/mol. The number of hydrogen-bond donors (Lipinski definition) is 2. The highest BCUT2D eigenvalue weighted by atomic mass is 16.6. The van der Waals surface area contributed by atoms with Crippen molar-refractivity contribution in [2.45, 2.75) is 0 Å². The van der Waals surface area contributed by atoms with Gasteiger partial charge in [0.05, 0.1) is 17.4 Å². The summed E-state index contributed by atoms with van der Waals surface area (Å²) >= 11 is 0. The number of hydrogen-bond acceptors (Lipinski definition) is 6. The number of benzene rings is 1. The van der Waals surface area contributed by atoms with Gasteiger partial charge in [-0.2, -0.15) is 0 Å². The third kappa shape index (κ3) is 2.71. The van der Waals surface area contributed by atoms with Crippen LogP contribution >= 0.6 is 0 Å². The quantitative estimate of drug-likeness (QED) is 0.748. The number of anilines is 1. The number of ether oxygens (including phenoxy) is 1. The van der Waals surface area contributed by atoms with E-state index in [0.29, 0.717) is 16.6 Å². The number of aromatic hydroxyl groups is 1. The van der Waals surface area contributed by atoms with Gasteiger partial charge in [-0.05, 0) is 24.3 Å². The van der Waals surface area contributed by atoms with Crippen molar-refractivity contribution in [3.8, 4) is 11.6 Å². The monoisotopic (exact) mass is 282 g/mol. The van der Waals surface area contributed by atoms with Crippen molar-refractivity contribution in [2.24, 2.45) is 0 Å². The molecule has 0 aliphatic heterocycles. The van der Waals surface area contributed by atoms with E-state index in [4.69, 9.17) is 4.74 Å². The van der Waals surface area contributed by atoms with E-state index in [0.717, 1.165) is 0 Å². The summed E-state index contributed by atoms with van der Waals surface area (Å²) in [6.45, 7) is 0. The predicted molar refractivity (Wildman–Crippen MR) is 75.1 cm³/mol. The number of pyridine rings is 1. The third-order valence-corrected chi connectivity index (χ3v) is 2.71. The zero-order chi connectivity index (χ0) is 14.7. The van der Waals surface area contributed by atoms with Crippen molar-refractivity contribution in [3.63, 3.8) is 0 Å². The standard InChI is InChI=1S/C14H10N4O3/c19-12-10-5-1-2-6-11(10)17-18-13(12)21-14(20)16-9-4-3-7-15-8-9/h1-8H,(H,16,20)(H,17,19). The van der Waals surface area contributed by atoms with Crippen LogP contribution in [-0.2, 0) is 0 Å². The lowest BCUT2D eigenvalue weighted by Crippen LogP contribution is -2.17. The van der Waals surface area contributed by atoms with E-state index in [1.165, 1.54) is 6.20 Å². The van der Waals surface area contributed by atoms with Gasteiger partial charge in [-0.1, -0.05) is 12.1 Å². The van der Waals surface area contributed by atoms with Crippen molar-refractivity contribution < 1.29 is 14.6 Å². The lowest BCUT2D eigenvalue weighted by molar-refractivity contribution is 0.210. The second-order valence-corrected chi connectivity index (χ2v) is 4.13. The summed E-state index contributed by atoms with van der Waals surface area (Å²) in [6, 6.07) is 10.2. The van der Waals surface area contributed by atoms with E-state index in [1.54, 1.807) is 42.6 Å². The molecule has 2 heterocycles. The maximum Gasteiger partial charge on any atom is 0.418 e. The van der Waals surface area contributed by atoms with Gasteiger partial charge in [-0.3, -0.25) is 10.3 Å². The van der Waals surface area contributed by atoms with Gasteiger partial charge in [-0.25, -0.2) is 4.79 Å². The second-order valence-electron chi connectivity index (χ2n) is 4.13. The molecule has 0 radical (unpaired) electrons. The smallest absolute Gasteiger partial charge is 0.418 e. The molecule has 7 nitrogen and oxygen atoms in total. The molecular formula is C14H10N4O3. The number of carbonyl (C=O) groups excluding carboxylic acids is 1. The predicted octanol–water partition coefficient (Wildman–Crippen LogP) is 2.34. The first-order chi connectivity index (χ1) is 10.2. The highest BCUT2D eigenvalue weighted by Gasteiger charge is 2.14. The summed E-state index contributed by atoms with van der Waals surface area (Å²) < 4.78 is 4.96. The van der Waals surface area contributed by atoms with Crippen LogP contribution in [0.15, 0.2) is 48.8 Å². The third-order valence-electron chi connectivity index (χ3n) is 2.71. The number of amides is 1. The Bertz CT molecular complexity index is 793. The van der Waals surface area contributed by atoms with Crippen LogP contribution in [0.3, 0.4) is 0 Å². The molecule has 21 heavy (non-hydrogen) atoms.